The molecule has 0 radical (unpaired) electrons. The van der Waals surface area contributed by atoms with Gasteiger partial charge in [0.15, 0.2) is 0 Å². The van der Waals surface area contributed by atoms with Crippen molar-refractivity contribution in [1.29, 1.82) is 0 Å². The Morgan fingerprint density at radius 1 is 1.38 bits per heavy atom. The van der Waals surface area contributed by atoms with E-state index in [2.05, 4.69) is 41.5 Å². The number of benzene rings is 1. The fourth-order valence-electron chi connectivity index (χ4n) is 1.60. The van der Waals surface area contributed by atoms with E-state index in [0.717, 1.165) is 12.2 Å². The van der Waals surface area contributed by atoms with Gasteiger partial charge in [0, 0.05) is 30.3 Å². The SMILES string of the molecule is CCCCNc1cccc(-n2ccnc2)c1. The van der Waals surface area contributed by atoms with E-state index in [0.29, 0.717) is 0 Å². The fraction of sp³-hybridized carbons (Fsp3) is 0.308. The van der Waals surface area contributed by atoms with Crippen LogP contribution in [-0.4, -0.2) is 16.1 Å². The van der Waals surface area contributed by atoms with E-state index in [1.54, 1.807) is 6.20 Å². The normalized spacial score (nSPS) is 10.3. The molecule has 1 N–H and O–H groups in total. The highest BCUT2D eigenvalue weighted by atomic mass is 15.0. The largest absolute Gasteiger partial charge is 0.385 e. The van der Waals surface area contributed by atoms with E-state index >= 15 is 0 Å². The summed E-state index contributed by atoms with van der Waals surface area (Å²) >= 11 is 0. The van der Waals surface area contributed by atoms with Gasteiger partial charge in [0.05, 0.1) is 6.33 Å². The fourth-order valence-corrected chi connectivity index (χ4v) is 1.60. The summed E-state index contributed by atoms with van der Waals surface area (Å²) in [5, 5.41) is 3.41. The zero-order valence-corrected chi connectivity index (χ0v) is 9.56. The maximum absolute atomic E-state index is 4.05. The molecule has 0 saturated heterocycles. The van der Waals surface area contributed by atoms with Crippen molar-refractivity contribution in [1.82, 2.24) is 9.55 Å². The quantitative estimate of drug-likeness (QED) is 0.777. The van der Waals surface area contributed by atoms with Gasteiger partial charge in [-0.1, -0.05) is 19.4 Å². The topological polar surface area (TPSA) is 29.9 Å². The van der Waals surface area contributed by atoms with Gasteiger partial charge in [-0.2, -0.15) is 0 Å². The number of imidazole rings is 1. The molecule has 0 amide bonds. The lowest BCUT2D eigenvalue weighted by molar-refractivity contribution is 0.834. The summed E-state index contributed by atoms with van der Waals surface area (Å²) < 4.78 is 2.00. The average Bonchev–Trinajstić information content (AvgIpc) is 2.83. The molecule has 0 bridgehead atoms. The van der Waals surface area contributed by atoms with Crippen LogP contribution in [0.15, 0.2) is 43.0 Å². The van der Waals surface area contributed by atoms with Crippen molar-refractivity contribution in [3.8, 4) is 5.69 Å². The van der Waals surface area contributed by atoms with E-state index in [1.165, 1.54) is 18.5 Å². The first-order valence-electron chi connectivity index (χ1n) is 5.72. The van der Waals surface area contributed by atoms with Crippen LogP contribution in [0.25, 0.3) is 5.69 Å². The summed E-state index contributed by atoms with van der Waals surface area (Å²) in [5.41, 5.74) is 2.30. The molecule has 0 saturated carbocycles. The number of rotatable bonds is 5. The first-order chi connectivity index (χ1) is 7.90. The number of hydrogen-bond acceptors (Lipinski definition) is 2. The van der Waals surface area contributed by atoms with E-state index in [1.807, 2.05) is 17.1 Å². The Morgan fingerprint density at radius 3 is 3.06 bits per heavy atom. The van der Waals surface area contributed by atoms with Crippen molar-refractivity contribution in [3.05, 3.63) is 43.0 Å². The lowest BCUT2D eigenvalue weighted by atomic mass is 10.2. The Labute approximate surface area is 96.1 Å². The molecule has 1 heterocycles. The van der Waals surface area contributed by atoms with Gasteiger partial charge in [0.1, 0.15) is 0 Å². The molecule has 0 aliphatic carbocycles. The summed E-state index contributed by atoms with van der Waals surface area (Å²) in [6, 6.07) is 8.36. The molecule has 0 fully saturated rings. The van der Waals surface area contributed by atoms with Crippen LogP contribution in [0.3, 0.4) is 0 Å². The molecule has 3 heteroatoms. The van der Waals surface area contributed by atoms with Crippen molar-refractivity contribution in [2.24, 2.45) is 0 Å². The van der Waals surface area contributed by atoms with Crippen molar-refractivity contribution < 1.29 is 0 Å². The van der Waals surface area contributed by atoms with Crippen LogP contribution < -0.4 is 5.32 Å². The van der Waals surface area contributed by atoms with Gasteiger partial charge in [-0.3, -0.25) is 0 Å². The number of unbranched alkanes of at least 4 members (excludes halogenated alkanes) is 1. The maximum atomic E-state index is 4.05. The highest BCUT2D eigenvalue weighted by molar-refractivity contribution is 5.51. The van der Waals surface area contributed by atoms with Gasteiger partial charge in [-0.15, -0.1) is 0 Å². The number of aromatic nitrogens is 2. The van der Waals surface area contributed by atoms with E-state index in [9.17, 15) is 0 Å². The monoisotopic (exact) mass is 215 g/mol. The van der Waals surface area contributed by atoms with Crippen molar-refractivity contribution in [2.45, 2.75) is 19.8 Å². The average molecular weight is 215 g/mol. The molecule has 0 atom stereocenters. The Balaban J connectivity index is 2.08. The third kappa shape index (κ3) is 2.63. The predicted molar refractivity (Wildman–Crippen MR) is 67.0 cm³/mol. The minimum absolute atomic E-state index is 1.03. The van der Waals surface area contributed by atoms with Crippen LogP contribution in [0, 0.1) is 0 Å². The van der Waals surface area contributed by atoms with E-state index in [-0.39, 0.29) is 0 Å². The molecule has 2 aromatic rings. The molecule has 1 aromatic heterocycles. The van der Waals surface area contributed by atoms with Crippen molar-refractivity contribution in [2.75, 3.05) is 11.9 Å². The molecule has 0 spiro atoms. The van der Waals surface area contributed by atoms with Gasteiger partial charge >= 0.3 is 0 Å². The second-order valence-electron chi connectivity index (χ2n) is 3.80. The Morgan fingerprint density at radius 2 is 2.31 bits per heavy atom. The second-order valence-corrected chi connectivity index (χ2v) is 3.80. The number of hydrogen-bond donors (Lipinski definition) is 1. The van der Waals surface area contributed by atoms with Crippen molar-refractivity contribution in [3.63, 3.8) is 0 Å². The van der Waals surface area contributed by atoms with Gasteiger partial charge in [0.2, 0.25) is 0 Å². The van der Waals surface area contributed by atoms with Crippen LogP contribution in [0.4, 0.5) is 5.69 Å². The second kappa shape index (κ2) is 5.35. The first kappa shape index (κ1) is 10.7. The summed E-state index contributed by atoms with van der Waals surface area (Å²) in [7, 11) is 0. The molecular formula is C13H17N3. The molecule has 2 rings (SSSR count). The molecule has 84 valence electrons. The molecule has 16 heavy (non-hydrogen) atoms. The zero-order chi connectivity index (χ0) is 11.2. The molecule has 0 unspecified atom stereocenters. The predicted octanol–water partition coefficient (Wildman–Crippen LogP) is 3.08. The van der Waals surface area contributed by atoms with Crippen LogP contribution in [0.2, 0.25) is 0 Å². The summed E-state index contributed by atoms with van der Waals surface area (Å²) in [4.78, 5) is 4.05. The van der Waals surface area contributed by atoms with Crippen molar-refractivity contribution >= 4 is 5.69 Å². The minimum atomic E-state index is 1.03. The van der Waals surface area contributed by atoms with Crippen LogP contribution >= 0.6 is 0 Å². The first-order valence-corrected chi connectivity index (χ1v) is 5.72. The summed E-state index contributed by atoms with van der Waals surface area (Å²) in [5.74, 6) is 0. The Hall–Kier alpha value is -1.77. The molecule has 0 aliphatic rings. The summed E-state index contributed by atoms with van der Waals surface area (Å²) in [6.45, 7) is 3.23. The Kier molecular flexibility index (Phi) is 3.59. The van der Waals surface area contributed by atoms with Crippen LogP contribution in [0.5, 0.6) is 0 Å². The van der Waals surface area contributed by atoms with Crippen LogP contribution in [-0.2, 0) is 0 Å². The smallest absolute Gasteiger partial charge is 0.0991 e. The Bertz CT molecular complexity index is 421. The lowest BCUT2D eigenvalue weighted by Crippen LogP contribution is -2.01. The number of nitrogens with zero attached hydrogens (tertiary/aromatic N) is 2. The number of anilines is 1. The van der Waals surface area contributed by atoms with Gasteiger partial charge < -0.3 is 9.88 Å². The van der Waals surface area contributed by atoms with E-state index < -0.39 is 0 Å². The third-order valence-corrected chi connectivity index (χ3v) is 2.51. The molecule has 0 aliphatic heterocycles. The standard InChI is InChI=1S/C13H17N3/c1-2-3-7-15-12-5-4-6-13(10-12)16-9-8-14-11-16/h4-6,8-11,15H,2-3,7H2,1H3. The number of nitrogens with one attached hydrogen (secondary N) is 1. The third-order valence-electron chi connectivity index (χ3n) is 2.51. The maximum Gasteiger partial charge on any atom is 0.0991 e. The van der Waals surface area contributed by atoms with Gasteiger partial charge in [-0.05, 0) is 24.6 Å². The van der Waals surface area contributed by atoms with Gasteiger partial charge in [-0.25, -0.2) is 4.98 Å². The van der Waals surface area contributed by atoms with E-state index in [4.69, 9.17) is 0 Å². The summed E-state index contributed by atoms with van der Waals surface area (Å²) in [6.07, 6.45) is 7.97. The molecule has 3 nitrogen and oxygen atoms in total. The minimum Gasteiger partial charge on any atom is -0.385 e. The molecule has 1 aromatic carbocycles. The highest BCUT2D eigenvalue weighted by Gasteiger charge is 1.96. The lowest BCUT2D eigenvalue weighted by Gasteiger charge is -2.08. The van der Waals surface area contributed by atoms with Crippen LogP contribution in [0.1, 0.15) is 19.8 Å². The highest BCUT2D eigenvalue weighted by Crippen LogP contribution is 2.14. The van der Waals surface area contributed by atoms with Gasteiger partial charge in [0.25, 0.3) is 0 Å². The zero-order valence-electron chi connectivity index (χ0n) is 9.56. The molecular weight excluding hydrogens is 198 g/mol.